The average molecular weight is 285 g/mol. The van der Waals surface area contributed by atoms with E-state index in [1.54, 1.807) is 17.2 Å². The van der Waals surface area contributed by atoms with Gasteiger partial charge in [-0.2, -0.15) is 0 Å². The lowest BCUT2D eigenvalue weighted by molar-refractivity contribution is 0.0727. The predicted octanol–water partition coefficient (Wildman–Crippen LogP) is 2.61. The van der Waals surface area contributed by atoms with E-state index in [-0.39, 0.29) is 17.6 Å². The van der Waals surface area contributed by atoms with Crippen LogP contribution in [-0.2, 0) is 6.54 Å². The number of benzene rings is 1. The van der Waals surface area contributed by atoms with Crippen LogP contribution in [-0.4, -0.2) is 21.8 Å². The van der Waals surface area contributed by atoms with E-state index < -0.39 is 5.82 Å². The van der Waals surface area contributed by atoms with Gasteiger partial charge in [-0.05, 0) is 43.2 Å². The van der Waals surface area contributed by atoms with Crippen molar-refractivity contribution in [1.82, 2.24) is 9.88 Å². The van der Waals surface area contributed by atoms with Gasteiger partial charge in [0.2, 0.25) is 0 Å². The van der Waals surface area contributed by atoms with Crippen LogP contribution in [0.25, 0.3) is 0 Å². The molecule has 2 aromatic rings. The maximum absolute atomic E-state index is 13.5. The van der Waals surface area contributed by atoms with E-state index in [0.29, 0.717) is 12.1 Å². The normalized spacial score (nSPS) is 14.0. The molecule has 1 amide bonds. The summed E-state index contributed by atoms with van der Waals surface area (Å²) in [6.45, 7) is 0.441. The zero-order valence-electron chi connectivity index (χ0n) is 11.5. The van der Waals surface area contributed by atoms with Gasteiger partial charge in [-0.3, -0.25) is 9.78 Å². The lowest BCUT2D eigenvalue weighted by Gasteiger charge is -2.22. The fraction of sp³-hybridized carbons (Fsp3) is 0.250. The molecule has 1 fully saturated rings. The molecule has 21 heavy (non-hydrogen) atoms. The summed E-state index contributed by atoms with van der Waals surface area (Å²) in [5, 5.41) is 0. The molecule has 0 saturated heterocycles. The fourth-order valence-corrected chi connectivity index (χ4v) is 2.25. The van der Waals surface area contributed by atoms with Crippen molar-refractivity contribution in [1.29, 1.82) is 0 Å². The van der Waals surface area contributed by atoms with E-state index in [4.69, 9.17) is 5.73 Å². The lowest BCUT2D eigenvalue weighted by atomic mass is 10.1. The number of pyridine rings is 1. The molecule has 1 saturated carbocycles. The molecule has 3 rings (SSSR count). The van der Waals surface area contributed by atoms with E-state index in [1.165, 1.54) is 12.1 Å². The second-order valence-electron chi connectivity index (χ2n) is 5.22. The zero-order valence-corrected chi connectivity index (χ0v) is 11.5. The second-order valence-corrected chi connectivity index (χ2v) is 5.22. The van der Waals surface area contributed by atoms with Crippen LogP contribution in [0.3, 0.4) is 0 Å². The second kappa shape index (κ2) is 5.52. The Morgan fingerprint density at radius 3 is 2.76 bits per heavy atom. The highest BCUT2D eigenvalue weighted by molar-refractivity contribution is 5.95. The largest absolute Gasteiger partial charge is 0.396 e. The molecule has 1 aliphatic carbocycles. The molecule has 2 N–H and O–H groups in total. The van der Waals surface area contributed by atoms with Gasteiger partial charge in [0.05, 0.1) is 17.9 Å². The first kappa shape index (κ1) is 13.5. The van der Waals surface area contributed by atoms with E-state index in [0.717, 1.165) is 18.5 Å². The zero-order chi connectivity index (χ0) is 14.8. The third-order valence-electron chi connectivity index (χ3n) is 3.55. The predicted molar refractivity (Wildman–Crippen MR) is 77.9 cm³/mol. The van der Waals surface area contributed by atoms with Gasteiger partial charge in [0, 0.05) is 17.8 Å². The number of nitrogens with two attached hydrogens (primary N) is 1. The number of anilines is 1. The summed E-state index contributed by atoms with van der Waals surface area (Å²) in [5.41, 5.74) is 6.65. The molecule has 0 atom stereocenters. The number of nitrogens with zero attached hydrogens (tertiary/aromatic N) is 2. The molecule has 1 aromatic carbocycles. The molecule has 1 aromatic heterocycles. The summed E-state index contributed by atoms with van der Waals surface area (Å²) in [6, 6.07) is 10.0. The highest BCUT2D eigenvalue weighted by Gasteiger charge is 2.33. The standard InChI is InChI=1S/C16H16FN3O/c17-14-9-11(4-7-15(14)18)16(21)20(13-5-6-13)10-12-3-1-2-8-19-12/h1-4,7-9,13H,5-6,10,18H2. The lowest BCUT2D eigenvalue weighted by Crippen LogP contribution is -2.33. The minimum Gasteiger partial charge on any atom is -0.396 e. The first-order valence-corrected chi connectivity index (χ1v) is 6.91. The summed E-state index contributed by atoms with van der Waals surface area (Å²) < 4.78 is 13.5. The SMILES string of the molecule is Nc1ccc(C(=O)N(Cc2ccccn2)C2CC2)cc1F. The molecule has 1 heterocycles. The summed E-state index contributed by atoms with van der Waals surface area (Å²) in [6.07, 6.45) is 3.67. The van der Waals surface area contributed by atoms with Crippen LogP contribution in [0.5, 0.6) is 0 Å². The number of nitrogen functional groups attached to an aromatic ring is 1. The minimum absolute atomic E-state index is 0.0502. The smallest absolute Gasteiger partial charge is 0.254 e. The maximum Gasteiger partial charge on any atom is 0.254 e. The summed E-state index contributed by atoms with van der Waals surface area (Å²) in [5.74, 6) is -0.739. The quantitative estimate of drug-likeness (QED) is 0.878. The summed E-state index contributed by atoms with van der Waals surface area (Å²) in [4.78, 5) is 18.6. The third kappa shape index (κ3) is 3.02. The molecule has 108 valence electrons. The third-order valence-corrected chi connectivity index (χ3v) is 3.55. The number of hydrogen-bond donors (Lipinski definition) is 1. The number of aromatic nitrogens is 1. The first-order chi connectivity index (χ1) is 10.1. The van der Waals surface area contributed by atoms with Gasteiger partial charge in [-0.25, -0.2) is 4.39 Å². The van der Waals surface area contributed by atoms with Crippen LogP contribution < -0.4 is 5.73 Å². The van der Waals surface area contributed by atoms with Gasteiger partial charge in [-0.15, -0.1) is 0 Å². The molecule has 0 bridgehead atoms. The van der Waals surface area contributed by atoms with E-state index in [1.807, 2.05) is 18.2 Å². The van der Waals surface area contributed by atoms with E-state index in [9.17, 15) is 9.18 Å². The Labute approximate surface area is 122 Å². The van der Waals surface area contributed by atoms with Crippen LogP contribution in [0.1, 0.15) is 28.9 Å². The van der Waals surface area contributed by atoms with Crippen molar-refractivity contribution in [3.05, 3.63) is 59.7 Å². The molecule has 0 spiro atoms. The van der Waals surface area contributed by atoms with Gasteiger partial charge in [0.15, 0.2) is 0 Å². The monoisotopic (exact) mass is 285 g/mol. The summed E-state index contributed by atoms with van der Waals surface area (Å²) in [7, 11) is 0. The molecule has 4 nitrogen and oxygen atoms in total. The molecule has 0 radical (unpaired) electrons. The molecule has 0 unspecified atom stereocenters. The molecule has 0 aliphatic heterocycles. The molecular formula is C16H16FN3O. The van der Waals surface area contributed by atoms with Crippen molar-refractivity contribution < 1.29 is 9.18 Å². The number of carbonyl (C=O) groups is 1. The maximum atomic E-state index is 13.5. The molecule has 1 aliphatic rings. The number of halogens is 1. The average Bonchev–Trinajstić information content (AvgIpc) is 3.33. The highest BCUT2D eigenvalue weighted by Crippen LogP contribution is 2.30. The Morgan fingerprint density at radius 1 is 1.33 bits per heavy atom. The Hall–Kier alpha value is -2.43. The van der Waals surface area contributed by atoms with Crippen molar-refractivity contribution in [2.24, 2.45) is 0 Å². The van der Waals surface area contributed by atoms with E-state index >= 15 is 0 Å². The van der Waals surface area contributed by atoms with Gasteiger partial charge < -0.3 is 10.6 Å². The van der Waals surface area contributed by atoms with Crippen molar-refractivity contribution in [3.63, 3.8) is 0 Å². The molecular weight excluding hydrogens is 269 g/mol. The number of amides is 1. The first-order valence-electron chi connectivity index (χ1n) is 6.91. The van der Waals surface area contributed by atoms with Crippen LogP contribution >= 0.6 is 0 Å². The van der Waals surface area contributed by atoms with Crippen molar-refractivity contribution in [2.75, 3.05) is 5.73 Å². The summed E-state index contributed by atoms with van der Waals surface area (Å²) >= 11 is 0. The molecule has 5 heteroatoms. The topological polar surface area (TPSA) is 59.2 Å². The van der Waals surface area contributed by atoms with Crippen LogP contribution in [0.15, 0.2) is 42.6 Å². The fourth-order valence-electron chi connectivity index (χ4n) is 2.25. The van der Waals surface area contributed by atoms with Gasteiger partial charge in [-0.1, -0.05) is 6.07 Å². The Kier molecular flexibility index (Phi) is 3.56. The van der Waals surface area contributed by atoms with Crippen LogP contribution in [0.2, 0.25) is 0 Å². The number of carbonyl (C=O) groups excluding carboxylic acids is 1. The minimum atomic E-state index is -0.561. The van der Waals surface area contributed by atoms with Crippen LogP contribution in [0, 0.1) is 5.82 Å². The van der Waals surface area contributed by atoms with Crippen molar-refractivity contribution in [2.45, 2.75) is 25.4 Å². The number of rotatable bonds is 4. The van der Waals surface area contributed by atoms with E-state index in [2.05, 4.69) is 4.98 Å². The highest BCUT2D eigenvalue weighted by atomic mass is 19.1. The van der Waals surface area contributed by atoms with Crippen LogP contribution in [0.4, 0.5) is 10.1 Å². The van der Waals surface area contributed by atoms with Gasteiger partial charge in [0.1, 0.15) is 5.82 Å². The Balaban J connectivity index is 1.83. The Bertz CT molecular complexity index is 656. The number of hydrogen-bond acceptors (Lipinski definition) is 3. The van der Waals surface area contributed by atoms with Gasteiger partial charge >= 0.3 is 0 Å². The van der Waals surface area contributed by atoms with Crippen molar-refractivity contribution >= 4 is 11.6 Å². The Morgan fingerprint density at radius 2 is 2.14 bits per heavy atom. The van der Waals surface area contributed by atoms with Gasteiger partial charge in [0.25, 0.3) is 5.91 Å². The van der Waals surface area contributed by atoms with Crippen molar-refractivity contribution in [3.8, 4) is 0 Å².